The molecule has 0 aliphatic carbocycles. The zero-order valence-corrected chi connectivity index (χ0v) is 14.5. The predicted molar refractivity (Wildman–Crippen MR) is 91.0 cm³/mol. The molecule has 130 valence electrons. The summed E-state index contributed by atoms with van der Waals surface area (Å²) in [6, 6.07) is 9.64. The first kappa shape index (κ1) is 17.4. The minimum Gasteiger partial charge on any atom is -0.319 e. The topological polar surface area (TPSA) is 49.4 Å². The van der Waals surface area contributed by atoms with E-state index in [0.29, 0.717) is 0 Å². The average Bonchev–Trinajstić information content (AvgIpc) is 2.81. The molecule has 1 heterocycles. The lowest BCUT2D eigenvalue weighted by Crippen LogP contribution is -2.41. The maximum Gasteiger partial charge on any atom is 0.325 e. The van der Waals surface area contributed by atoms with Gasteiger partial charge in [-0.3, -0.25) is 9.69 Å². The molecule has 1 atom stereocenters. The summed E-state index contributed by atoms with van der Waals surface area (Å²) in [5.41, 5.74) is -1.06. The van der Waals surface area contributed by atoms with E-state index >= 15 is 0 Å². The number of hydrogen-bond acceptors (Lipinski definition) is 3. The number of thioether (sulfide) groups is 1. The van der Waals surface area contributed by atoms with Crippen LogP contribution < -0.4 is 5.32 Å². The largest absolute Gasteiger partial charge is 0.325 e. The second kappa shape index (κ2) is 6.48. The highest BCUT2D eigenvalue weighted by Crippen LogP contribution is 2.32. The van der Waals surface area contributed by atoms with Gasteiger partial charge in [-0.15, -0.1) is 11.8 Å². The summed E-state index contributed by atoms with van der Waals surface area (Å²) >= 11 is 1.58. The summed E-state index contributed by atoms with van der Waals surface area (Å²) in [5.74, 6) is -2.04. The first-order valence-corrected chi connectivity index (χ1v) is 8.80. The monoisotopic (exact) mass is 362 g/mol. The first-order valence-electron chi connectivity index (χ1n) is 7.57. The normalized spacial score (nSPS) is 20.1. The summed E-state index contributed by atoms with van der Waals surface area (Å²) in [7, 11) is 0. The SMILES string of the molecule is CSc1ccc(CN2C(=O)N[C@](C)(c3cc(F)ccc3F)C2=O)cc1. The maximum absolute atomic E-state index is 14.1. The number of imide groups is 1. The van der Waals surface area contributed by atoms with Gasteiger partial charge in [0.2, 0.25) is 0 Å². The third kappa shape index (κ3) is 3.11. The van der Waals surface area contributed by atoms with Crippen LogP contribution in [0.2, 0.25) is 0 Å². The standard InChI is InChI=1S/C18H16F2N2O2S/c1-18(14-9-12(19)5-8-15(14)20)16(23)22(17(24)21-18)10-11-3-6-13(25-2)7-4-11/h3-9H,10H2,1-2H3,(H,21,24)/t18-/m1/s1. The second-order valence-electron chi connectivity index (χ2n) is 5.92. The number of nitrogens with one attached hydrogen (secondary N) is 1. The molecule has 3 amide bonds. The lowest BCUT2D eigenvalue weighted by Gasteiger charge is -2.23. The highest BCUT2D eigenvalue weighted by Gasteiger charge is 2.50. The molecule has 0 aromatic heterocycles. The number of carbonyl (C=O) groups excluding carboxylic acids is 2. The van der Waals surface area contributed by atoms with E-state index < -0.39 is 29.1 Å². The van der Waals surface area contributed by atoms with Crippen LogP contribution in [-0.4, -0.2) is 23.1 Å². The van der Waals surface area contributed by atoms with Gasteiger partial charge in [-0.05, 0) is 49.1 Å². The average molecular weight is 362 g/mol. The predicted octanol–water partition coefficient (Wildman–Crippen LogP) is 3.65. The molecule has 0 bridgehead atoms. The smallest absolute Gasteiger partial charge is 0.319 e. The number of rotatable bonds is 4. The summed E-state index contributed by atoms with van der Waals surface area (Å²) in [5, 5.41) is 2.48. The molecule has 1 aliphatic heterocycles. The summed E-state index contributed by atoms with van der Waals surface area (Å²) in [4.78, 5) is 27.1. The van der Waals surface area contributed by atoms with Gasteiger partial charge < -0.3 is 5.32 Å². The third-order valence-electron chi connectivity index (χ3n) is 4.24. The van der Waals surface area contributed by atoms with Crippen molar-refractivity contribution in [2.75, 3.05) is 6.26 Å². The molecule has 3 rings (SSSR count). The molecule has 1 fully saturated rings. The van der Waals surface area contributed by atoms with Gasteiger partial charge in [-0.25, -0.2) is 13.6 Å². The van der Waals surface area contributed by atoms with Crippen LogP contribution in [0.25, 0.3) is 0 Å². The zero-order valence-electron chi connectivity index (χ0n) is 13.7. The number of benzene rings is 2. The molecular formula is C18H16F2N2O2S. The molecular weight excluding hydrogens is 346 g/mol. The molecule has 0 unspecified atom stereocenters. The van der Waals surface area contributed by atoms with Gasteiger partial charge in [0.1, 0.15) is 17.2 Å². The van der Waals surface area contributed by atoms with E-state index in [1.54, 1.807) is 11.8 Å². The van der Waals surface area contributed by atoms with Gasteiger partial charge in [0.25, 0.3) is 5.91 Å². The summed E-state index contributed by atoms with van der Waals surface area (Å²) in [6.07, 6.45) is 1.95. The lowest BCUT2D eigenvalue weighted by molar-refractivity contribution is -0.131. The zero-order chi connectivity index (χ0) is 18.2. The molecule has 0 spiro atoms. The van der Waals surface area contributed by atoms with Crippen molar-refractivity contribution in [1.82, 2.24) is 10.2 Å². The van der Waals surface area contributed by atoms with Crippen molar-refractivity contribution in [3.05, 3.63) is 65.2 Å². The fourth-order valence-corrected chi connectivity index (χ4v) is 3.23. The van der Waals surface area contributed by atoms with Crippen molar-refractivity contribution in [1.29, 1.82) is 0 Å². The molecule has 1 aliphatic rings. The van der Waals surface area contributed by atoms with Crippen molar-refractivity contribution < 1.29 is 18.4 Å². The Bertz CT molecular complexity index is 841. The van der Waals surface area contributed by atoms with E-state index in [4.69, 9.17) is 0 Å². The van der Waals surface area contributed by atoms with E-state index in [-0.39, 0.29) is 12.1 Å². The molecule has 7 heteroatoms. The molecule has 25 heavy (non-hydrogen) atoms. The van der Waals surface area contributed by atoms with Crippen molar-refractivity contribution >= 4 is 23.7 Å². The number of hydrogen-bond donors (Lipinski definition) is 1. The van der Waals surface area contributed by atoms with E-state index in [9.17, 15) is 18.4 Å². The number of halogens is 2. The molecule has 1 saturated heterocycles. The van der Waals surface area contributed by atoms with E-state index in [0.717, 1.165) is 33.6 Å². The third-order valence-corrected chi connectivity index (χ3v) is 4.99. The number of amides is 3. The molecule has 4 nitrogen and oxygen atoms in total. The van der Waals surface area contributed by atoms with Crippen LogP contribution >= 0.6 is 11.8 Å². The Labute approximate surface area is 148 Å². The van der Waals surface area contributed by atoms with E-state index in [1.807, 2.05) is 30.5 Å². The quantitative estimate of drug-likeness (QED) is 0.667. The molecule has 1 N–H and O–H groups in total. The number of carbonyl (C=O) groups is 2. The molecule has 2 aromatic carbocycles. The summed E-state index contributed by atoms with van der Waals surface area (Å²) < 4.78 is 27.6. The maximum atomic E-state index is 14.1. The van der Waals surface area contributed by atoms with E-state index in [1.165, 1.54) is 6.92 Å². The van der Waals surface area contributed by atoms with Gasteiger partial charge >= 0.3 is 6.03 Å². The number of nitrogens with zero attached hydrogens (tertiary/aromatic N) is 1. The Morgan fingerprint density at radius 2 is 1.80 bits per heavy atom. The van der Waals surface area contributed by atoms with Gasteiger partial charge in [0, 0.05) is 10.5 Å². The van der Waals surface area contributed by atoms with Crippen LogP contribution in [0.5, 0.6) is 0 Å². The van der Waals surface area contributed by atoms with Crippen molar-refractivity contribution in [3.8, 4) is 0 Å². The van der Waals surface area contributed by atoms with Crippen LogP contribution in [0.1, 0.15) is 18.1 Å². The molecule has 0 saturated carbocycles. The fourth-order valence-electron chi connectivity index (χ4n) is 2.82. The highest BCUT2D eigenvalue weighted by molar-refractivity contribution is 7.98. The van der Waals surface area contributed by atoms with Crippen LogP contribution in [0.4, 0.5) is 13.6 Å². The van der Waals surface area contributed by atoms with Crippen molar-refractivity contribution in [2.45, 2.75) is 23.9 Å². The van der Waals surface area contributed by atoms with Crippen molar-refractivity contribution in [2.24, 2.45) is 0 Å². The van der Waals surface area contributed by atoms with Gasteiger partial charge in [0.05, 0.1) is 6.54 Å². The minimum atomic E-state index is -1.64. The Morgan fingerprint density at radius 1 is 1.12 bits per heavy atom. The fraction of sp³-hybridized carbons (Fsp3) is 0.222. The Morgan fingerprint density at radius 3 is 2.44 bits per heavy atom. The summed E-state index contributed by atoms with van der Waals surface area (Å²) in [6.45, 7) is 1.44. The molecule has 2 aromatic rings. The van der Waals surface area contributed by atoms with Gasteiger partial charge in [-0.2, -0.15) is 0 Å². The number of urea groups is 1. The van der Waals surface area contributed by atoms with Crippen LogP contribution in [0, 0.1) is 11.6 Å². The Kier molecular flexibility index (Phi) is 4.51. The minimum absolute atomic E-state index is 0.0614. The van der Waals surface area contributed by atoms with Crippen LogP contribution in [-0.2, 0) is 16.9 Å². The van der Waals surface area contributed by atoms with Crippen LogP contribution in [0.3, 0.4) is 0 Å². The van der Waals surface area contributed by atoms with Crippen molar-refractivity contribution in [3.63, 3.8) is 0 Å². The van der Waals surface area contributed by atoms with Crippen LogP contribution in [0.15, 0.2) is 47.4 Å². The van der Waals surface area contributed by atoms with Gasteiger partial charge in [0.15, 0.2) is 0 Å². The van der Waals surface area contributed by atoms with Gasteiger partial charge in [-0.1, -0.05) is 12.1 Å². The Hall–Kier alpha value is -2.41. The second-order valence-corrected chi connectivity index (χ2v) is 6.80. The van der Waals surface area contributed by atoms with E-state index in [2.05, 4.69) is 5.32 Å². The first-order chi connectivity index (χ1) is 11.8. The Balaban J connectivity index is 1.89. The highest BCUT2D eigenvalue weighted by atomic mass is 32.2. The molecule has 0 radical (unpaired) electrons. The lowest BCUT2D eigenvalue weighted by atomic mass is 9.91.